The first-order chi connectivity index (χ1) is 5.66. The normalized spacial score (nSPS) is 13.8. The monoisotopic (exact) mass is 171 g/mol. The summed E-state index contributed by atoms with van der Waals surface area (Å²) in [4.78, 5) is 0. The van der Waals surface area contributed by atoms with Gasteiger partial charge in [-0.25, -0.2) is 0 Å². The van der Waals surface area contributed by atoms with Crippen LogP contribution in [0, 0.1) is 11.8 Å². The molecule has 0 bridgehead atoms. The maximum absolute atomic E-state index is 3.46. The van der Waals surface area contributed by atoms with Crippen LogP contribution in [0.25, 0.3) is 0 Å². The third-order valence-electron chi connectivity index (χ3n) is 2.30. The largest absolute Gasteiger partial charge is 0.316 e. The fourth-order valence-corrected chi connectivity index (χ4v) is 1.17. The van der Waals surface area contributed by atoms with Gasteiger partial charge in [0.25, 0.3) is 0 Å². The van der Waals surface area contributed by atoms with Crippen LogP contribution in [0.4, 0.5) is 0 Å². The summed E-state index contributed by atoms with van der Waals surface area (Å²) in [6.45, 7) is 11.5. The maximum Gasteiger partial charge on any atom is -0.00258 e. The van der Waals surface area contributed by atoms with E-state index in [1.165, 1.54) is 32.4 Å². The molecule has 0 saturated heterocycles. The van der Waals surface area contributed by atoms with Gasteiger partial charge < -0.3 is 5.32 Å². The van der Waals surface area contributed by atoms with Crippen LogP contribution in [-0.2, 0) is 0 Å². The maximum atomic E-state index is 3.46. The van der Waals surface area contributed by atoms with Crippen LogP contribution in [0.3, 0.4) is 0 Å². The molecule has 0 aromatic heterocycles. The van der Waals surface area contributed by atoms with Crippen molar-refractivity contribution in [3.05, 3.63) is 0 Å². The van der Waals surface area contributed by atoms with Gasteiger partial charge >= 0.3 is 0 Å². The van der Waals surface area contributed by atoms with Gasteiger partial charge in [-0.1, -0.05) is 34.1 Å². The summed E-state index contributed by atoms with van der Waals surface area (Å²) in [5, 5.41) is 3.46. The van der Waals surface area contributed by atoms with Gasteiger partial charge in [0.2, 0.25) is 0 Å². The van der Waals surface area contributed by atoms with Crippen molar-refractivity contribution in [3.8, 4) is 0 Å². The minimum Gasteiger partial charge on any atom is -0.316 e. The number of hydrogen-bond donors (Lipinski definition) is 1. The molecular formula is C11H25N. The van der Waals surface area contributed by atoms with E-state index in [2.05, 4.69) is 33.0 Å². The third-order valence-corrected chi connectivity index (χ3v) is 2.30. The second kappa shape index (κ2) is 7.60. The summed E-state index contributed by atoms with van der Waals surface area (Å²) < 4.78 is 0. The highest BCUT2D eigenvalue weighted by molar-refractivity contribution is 4.54. The van der Waals surface area contributed by atoms with Crippen LogP contribution in [-0.4, -0.2) is 13.1 Å². The Kier molecular flexibility index (Phi) is 7.58. The van der Waals surface area contributed by atoms with Gasteiger partial charge in [-0.2, -0.15) is 0 Å². The Balaban J connectivity index is 3.00. The molecule has 1 N–H and O–H groups in total. The third kappa shape index (κ3) is 8.06. The molecule has 0 heterocycles. The van der Waals surface area contributed by atoms with E-state index in [4.69, 9.17) is 0 Å². The summed E-state index contributed by atoms with van der Waals surface area (Å²) in [7, 11) is 0. The van der Waals surface area contributed by atoms with Crippen molar-refractivity contribution in [1.29, 1.82) is 0 Å². The lowest BCUT2D eigenvalue weighted by Gasteiger charge is -2.09. The zero-order chi connectivity index (χ0) is 9.40. The van der Waals surface area contributed by atoms with Gasteiger partial charge in [0.1, 0.15) is 0 Å². The SMILES string of the molecule is CCC(C)CCCNCC(C)C. The van der Waals surface area contributed by atoms with Crippen LogP contribution in [0.5, 0.6) is 0 Å². The molecule has 0 spiro atoms. The lowest BCUT2D eigenvalue weighted by Crippen LogP contribution is -2.21. The first-order valence-electron chi connectivity index (χ1n) is 5.37. The van der Waals surface area contributed by atoms with Crippen molar-refractivity contribution in [1.82, 2.24) is 5.32 Å². The molecule has 0 amide bonds. The van der Waals surface area contributed by atoms with Crippen LogP contribution in [0.1, 0.15) is 47.0 Å². The molecule has 0 aromatic rings. The zero-order valence-corrected chi connectivity index (χ0v) is 9.19. The number of nitrogens with one attached hydrogen (secondary N) is 1. The average Bonchev–Trinajstić information content (AvgIpc) is 2.03. The minimum absolute atomic E-state index is 0.786. The highest BCUT2D eigenvalue weighted by Gasteiger charge is 1.97. The highest BCUT2D eigenvalue weighted by atomic mass is 14.8. The summed E-state index contributed by atoms with van der Waals surface area (Å²) in [6.07, 6.45) is 4.04. The van der Waals surface area contributed by atoms with E-state index in [1.807, 2.05) is 0 Å². The Morgan fingerprint density at radius 2 is 1.83 bits per heavy atom. The minimum atomic E-state index is 0.786. The smallest absolute Gasteiger partial charge is 0.00258 e. The molecule has 1 atom stereocenters. The molecule has 1 nitrogen and oxygen atoms in total. The molecule has 0 rings (SSSR count). The van der Waals surface area contributed by atoms with E-state index < -0.39 is 0 Å². The molecule has 12 heavy (non-hydrogen) atoms. The first kappa shape index (κ1) is 12.0. The van der Waals surface area contributed by atoms with E-state index in [-0.39, 0.29) is 0 Å². The zero-order valence-electron chi connectivity index (χ0n) is 9.19. The van der Waals surface area contributed by atoms with Gasteiger partial charge in [-0.3, -0.25) is 0 Å². The molecule has 0 radical (unpaired) electrons. The number of rotatable bonds is 7. The Labute approximate surface area is 77.9 Å². The molecule has 0 aliphatic heterocycles. The fraction of sp³-hybridized carbons (Fsp3) is 1.00. The van der Waals surface area contributed by atoms with E-state index in [0.717, 1.165) is 11.8 Å². The number of hydrogen-bond acceptors (Lipinski definition) is 1. The van der Waals surface area contributed by atoms with Crippen LogP contribution in [0.15, 0.2) is 0 Å². The van der Waals surface area contributed by atoms with E-state index in [0.29, 0.717) is 0 Å². The van der Waals surface area contributed by atoms with Crippen molar-refractivity contribution in [2.24, 2.45) is 11.8 Å². The Morgan fingerprint density at radius 3 is 2.33 bits per heavy atom. The molecule has 0 aliphatic rings. The molecule has 74 valence electrons. The summed E-state index contributed by atoms with van der Waals surface area (Å²) >= 11 is 0. The van der Waals surface area contributed by atoms with E-state index in [1.54, 1.807) is 0 Å². The van der Waals surface area contributed by atoms with Crippen LogP contribution < -0.4 is 5.32 Å². The second-order valence-electron chi connectivity index (χ2n) is 4.25. The van der Waals surface area contributed by atoms with Gasteiger partial charge in [-0.15, -0.1) is 0 Å². The molecule has 0 aliphatic carbocycles. The molecular weight excluding hydrogens is 146 g/mol. The predicted molar refractivity (Wildman–Crippen MR) is 56.4 cm³/mol. The van der Waals surface area contributed by atoms with Gasteiger partial charge in [-0.05, 0) is 37.8 Å². The molecule has 0 saturated carbocycles. The molecule has 0 aromatic carbocycles. The Morgan fingerprint density at radius 1 is 1.17 bits per heavy atom. The average molecular weight is 171 g/mol. The van der Waals surface area contributed by atoms with E-state index >= 15 is 0 Å². The first-order valence-corrected chi connectivity index (χ1v) is 5.37. The highest BCUT2D eigenvalue weighted by Crippen LogP contribution is 2.07. The van der Waals surface area contributed by atoms with Crippen molar-refractivity contribution < 1.29 is 0 Å². The standard InChI is InChI=1S/C11H25N/c1-5-11(4)7-6-8-12-9-10(2)3/h10-12H,5-9H2,1-4H3. The predicted octanol–water partition coefficient (Wildman–Crippen LogP) is 3.06. The van der Waals surface area contributed by atoms with Gasteiger partial charge in [0, 0.05) is 0 Å². The molecule has 1 unspecified atom stereocenters. The summed E-state index contributed by atoms with van der Waals surface area (Å²) in [6, 6.07) is 0. The van der Waals surface area contributed by atoms with Gasteiger partial charge in [0.05, 0.1) is 0 Å². The molecule has 1 heteroatoms. The Bertz CT molecular complexity index is 89.0. The topological polar surface area (TPSA) is 12.0 Å². The van der Waals surface area contributed by atoms with E-state index in [9.17, 15) is 0 Å². The van der Waals surface area contributed by atoms with Gasteiger partial charge in [0.15, 0.2) is 0 Å². The second-order valence-corrected chi connectivity index (χ2v) is 4.25. The van der Waals surface area contributed by atoms with Crippen molar-refractivity contribution >= 4 is 0 Å². The quantitative estimate of drug-likeness (QED) is 0.580. The van der Waals surface area contributed by atoms with Crippen molar-refractivity contribution in [3.63, 3.8) is 0 Å². The van der Waals surface area contributed by atoms with Crippen molar-refractivity contribution in [2.45, 2.75) is 47.0 Å². The fourth-order valence-electron chi connectivity index (χ4n) is 1.17. The van der Waals surface area contributed by atoms with Crippen molar-refractivity contribution in [2.75, 3.05) is 13.1 Å². The summed E-state index contributed by atoms with van der Waals surface area (Å²) in [5.41, 5.74) is 0. The summed E-state index contributed by atoms with van der Waals surface area (Å²) in [5.74, 6) is 1.69. The Hall–Kier alpha value is -0.0400. The molecule has 0 fully saturated rings. The van der Waals surface area contributed by atoms with Crippen LogP contribution >= 0.6 is 0 Å². The lowest BCUT2D eigenvalue weighted by molar-refractivity contribution is 0.467. The lowest BCUT2D eigenvalue weighted by atomic mass is 10.0. The van der Waals surface area contributed by atoms with Crippen LogP contribution in [0.2, 0.25) is 0 Å².